The molecule has 3 nitrogen and oxygen atoms in total. The van der Waals surface area contributed by atoms with Gasteiger partial charge in [-0.05, 0) is 30.5 Å². The van der Waals surface area contributed by atoms with Crippen LogP contribution in [0.4, 0.5) is 0 Å². The van der Waals surface area contributed by atoms with Crippen LogP contribution in [0.5, 0.6) is 0 Å². The minimum Gasteiger partial charge on any atom is -0.306 e. The van der Waals surface area contributed by atoms with Gasteiger partial charge in [-0.2, -0.15) is 0 Å². The molecule has 100 valence electrons. The number of thioether (sulfide) groups is 1. The first-order valence-corrected chi connectivity index (χ1v) is 7.63. The Balaban J connectivity index is 2.33. The van der Waals surface area contributed by atoms with Crippen LogP contribution in [0.15, 0.2) is 52.2 Å². The van der Waals surface area contributed by atoms with Crippen molar-refractivity contribution in [3.8, 4) is 11.4 Å². The van der Waals surface area contributed by atoms with Crippen LogP contribution >= 0.6 is 23.4 Å². The number of aromatic amines is 1. The van der Waals surface area contributed by atoms with Gasteiger partial charge in [0.25, 0.3) is 5.56 Å². The van der Waals surface area contributed by atoms with Gasteiger partial charge in [-0.25, -0.2) is 4.98 Å². The Morgan fingerprint density at radius 2 is 1.95 bits per heavy atom. The smallest absolute Gasteiger partial charge is 0.259 e. The zero-order valence-corrected chi connectivity index (χ0v) is 12.3. The van der Waals surface area contributed by atoms with Crippen molar-refractivity contribution in [1.82, 2.24) is 9.97 Å². The first-order valence-electron chi connectivity index (χ1n) is 6.02. The van der Waals surface area contributed by atoms with E-state index in [2.05, 4.69) is 9.97 Å². The summed E-state index contributed by atoms with van der Waals surface area (Å²) in [6.07, 6.45) is 1.97. The van der Waals surface area contributed by atoms with Crippen molar-refractivity contribution in [2.75, 3.05) is 6.26 Å². The molecule has 3 aromatic rings. The van der Waals surface area contributed by atoms with E-state index in [1.807, 2.05) is 36.6 Å². The van der Waals surface area contributed by atoms with Crippen molar-refractivity contribution in [3.05, 3.63) is 57.8 Å². The Bertz CT molecular complexity index is 845. The molecule has 5 heteroatoms. The number of halogens is 1. The summed E-state index contributed by atoms with van der Waals surface area (Å²) in [5.74, 6) is 0.503. The summed E-state index contributed by atoms with van der Waals surface area (Å²) in [5.41, 5.74) is 1.28. The molecule has 20 heavy (non-hydrogen) atoms. The van der Waals surface area contributed by atoms with Crippen molar-refractivity contribution < 1.29 is 0 Å². The number of benzene rings is 2. The standard InChI is InChI=1S/C15H11ClN2OS/c1-20-12-8-4-6-10(16)13(12)14-17-11-7-3-2-5-9(11)15(19)18-14/h2-8H,1H3,(H,17,18,19). The van der Waals surface area contributed by atoms with Gasteiger partial charge < -0.3 is 4.98 Å². The SMILES string of the molecule is CSc1cccc(Cl)c1-c1nc2ccccc2c(=O)[nH]1. The van der Waals surface area contributed by atoms with Crippen LogP contribution in [0.1, 0.15) is 0 Å². The van der Waals surface area contributed by atoms with Gasteiger partial charge in [-0.1, -0.05) is 29.8 Å². The second-order valence-corrected chi connectivity index (χ2v) is 5.50. The van der Waals surface area contributed by atoms with Gasteiger partial charge in [0.2, 0.25) is 0 Å². The van der Waals surface area contributed by atoms with E-state index < -0.39 is 0 Å². The topological polar surface area (TPSA) is 45.8 Å². The highest BCUT2D eigenvalue weighted by molar-refractivity contribution is 7.98. The number of H-pyrrole nitrogens is 1. The fourth-order valence-electron chi connectivity index (χ4n) is 2.11. The summed E-state index contributed by atoms with van der Waals surface area (Å²) >= 11 is 7.84. The van der Waals surface area contributed by atoms with Crippen LogP contribution in [0, 0.1) is 0 Å². The van der Waals surface area contributed by atoms with Gasteiger partial charge in [0, 0.05) is 10.5 Å². The molecule has 0 aliphatic carbocycles. The number of rotatable bonds is 2. The molecule has 0 aliphatic rings. The highest BCUT2D eigenvalue weighted by Crippen LogP contribution is 2.34. The van der Waals surface area contributed by atoms with Crippen LogP contribution < -0.4 is 5.56 Å². The van der Waals surface area contributed by atoms with Crippen molar-refractivity contribution in [1.29, 1.82) is 0 Å². The van der Waals surface area contributed by atoms with Crippen LogP contribution in [0.2, 0.25) is 5.02 Å². The van der Waals surface area contributed by atoms with Gasteiger partial charge in [-0.15, -0.1) is 11.8 Å². The first-order chi connectivity index (χ1) is 9.70. The lowest BCUT2D eigenvalue weighted by atomic mass is 10.2. The van der Waals surface area contributed by atoms with Crippen molar-refractivity contribution in [3.63, 3.8) is 0 Å². The highest BCUT2D eigenvalue weighted by Gasteiger charge is 2.13. The minimum atomic E-state index is -0.155. The molecule has 0 saturated heterocycles. The van der Waals surface area contributed by atoms with Crippen LogP contribution in [-0.4, -0.2) is 16.2 Å². The molecular formula is C15H11ClN2OS. The summed E-state index contributed by atoms with van der Waals surface area (Å²) < 4.78 is 0. The number of hydrogen-bond acceptors (Lipinski definition) is 3. The molecule has 1 heterocycles. The van der Waals surface area contributed by atoms with Gasteiger partial charge in [0.15, 0.2) is 0 Å². The molecule has 0 atom stereocenters. The number of aromatic nitrogens is 2. The van der Waals surface area contributed by atoms with Gasteiger partial charge in [0.1, 0.15) is 5.82 Å². The molecule has 0 saturated carbocycles. The third-order valence-corrected chi connectivity index (χ3v) is 4.14. The number of nitrogens with zero attached hydrogens (tertiary/aromatic N) is 1. The molecule has 0 spiro atoms. The average molecular weight is 303 g/mol. The van der Waals surface area contributed by atoms with E-state index in [1.165, 1.54) is 0 Å². The average Bonchev–Trinajstić information content (AvgIpc) is 2.46. The maximum absolute atomic E-state index is 12.1. The third-order valence-electron chi connectivity index (χ3n) is 3.04. The predicted octanol–water partition coefficient (Wildman–Crippen LogP) is 3.97. The second-order valence-electron chi connectivity index (χ2n) is 4.25. The zero-order valence-electron chi connectivity index (χ0n) is 10.7. The number of hydrogen-bond donors (Lipinski definition) is 1. The van der Waals surface area contributed by atoms with E-state index in [0.717, 1.165) is 10.5 Å². The maximum Gasteiger partial charge on any atom is 0.259 e. The summed E-state index contributed by atoms with van der Waals surface area (Å²) in [4.78, 5) is 20.5. The summed E-state index contributed by atoms with van der Waals surface area (Å²) in [5, 5.41) is 1.16. The molecule has 1 aromatic heterocycles. The molecule has 2 aromatic carbocycles. The Kier molecular flexibility index (Phi) is 3.51. The summed E-state index contributed by atoms with van der Waals surface area (Å²) in [6, 6.07) is 12.9. The van der Waals surface area contributed by atoms with E-state index in [9.17, 15) is 4.79 Å². The number of nitrogens with one attached hydrogen (secondary N) is 1. The fraction of sp³-hybridized carbons (Fsp3) is 0.0667. The Hall–Kier alpha value is -1.78. The molecule has 0 fully saturated rings. The predicted molar refractivity (Wildman–Crippen MR) is 84.6 cm³/mol. The summed E-state index contributed by atoms with van der Waals surface area (Å²) in [6.45, 7) is 0. The Morgan fingerprint density at radius 1 is 1.15 bits per heavy atom. The van der Waals surface area contributed by atoms with Crippen LogP contribution in [-0.2, 0) is 0 Å². The Labute approximate surface area is 125 Å². The largest absolute Gasteiger partial charge is 0.306 e. The van der Waals surface area contributed by atoms with E-state index in [4.69, 9.17) is 11.6 Å². The number of fused-ring (bicyclic) bond motifs is 1. The van der Waals surface area contributed by atoms with Crippen LogP contribution in [0.25, 0.3) is 22.3 Å². The zero-order chi connectivity index (χ0) is 14.1. The first kappa shape index (κ1) is 13.2. The second kappa shape index (κ2) is 5.31. The highest BCUT2D eigenvalue weighted by atomic mass is 35.5. The van der Waals surface area contributed by atoms with E-state index in [0.29, 0.717) is 21.7 Å². The molecule has 0 aliphatic heterocycles. The monoisotopic (exact) mass is 302 g/mol. The molecular weight excluding hydrogens is 292 g/mol. The molecule has 0 bridgehead atoms. The van der Waals surface area contributed by atoms with Gasteiger partial charge >= 0.3 is 0 Å². The maximum atomic E-state index is 12.1. The van der Waals surface area contributed by atoms with Gasteiger partial charge in [-0.3, -0.25) is 4.79 Å². The summed E-state index contributed by atoms with van der Waals surface area (Å²) in [7, 11) is 0. The van der Waals surface area contributed by atoms with Crippen molar-refractivity contribution in [2.24, 2.45) is 0 Å². The molecule has 0 radical (unpaired) electrons. The molecule has 1 N–H and O–H groups in total. The van der Waals surface area contributed by atoms with Crippen molar-refractivity contribution >= 4 is 34.3 Å². The quantitative estimate of drug-likeness (QED) is 0.729. The minimum absolute atomic E-state index is 0.155. The van der Waals surface area contributed by atoms with Gasteiger partial charge in [0.05, 0.1) is 15.9 Å². The van der Waals surface area contributed by atoms with Crippen LogP contribution in [0.3, 0.4) is 0 Å². The lowest BCUT2D eigenvalue weighted by molar-refractivity contribution is 1.16. The van der Waals surface area contributed by atoms with E-state index in [-0.39, 0.29) is 5.56 Å². The Morgan fingerprint density at radius 3 is 2.75 bits per heavy atom. The number of para-hydroxylation sites is 1. The molecule has 3 rings (SSSR count). The lowest BCUT2D eigenvalue weighted by Gasteiger charge is -2.09. The normalized spacial score (nSPS) is 10.9. The van der Waals surface area contributed by atoms with E-state index >= 15 is 0 Å². The molecule has 0 unspecified atom stereocenters. The van der Waals surface area contributed by atoms with E-state index in [1.54, 1.807) is 23.9 Å². The van der Waals surface area contributed by atoms with Crippen molar-refractivity contribution in [2.45, 2.75) is 4.90 Å². The third kappa shape index (κ3) is 2.21. The lowest BCUT2D eigenvalue weighted by Crippen LogP contribution is -2.09. The molecule has 0 amide bonds. The fourth-order valence-corrected chi connectivity index (χ4v) is 3.05.